The van der Waals surface area contributed by atoms with Gasteiger partial charge in [0.1, 0.15) is 24.2 Å². The summed E-state index contributed by atoms with van der Waals surface area (Å²) in [5.74, 6) is -1.71. The van der Waals surface area contributed by atoms with Crippen molar-refractivity contribution >= 4 is 23.9 Å². The van der Waals surface area contributed by atoms with E-state index in [1.807, 2.05) is 13.0 Å². The number of hydrogen-bond donors (Lipinski definition) is 2. The second kappa shape index (κ2) is 11.9. The molecule has 0 radical (unpaired) electrons. The van der Waals surface area contributed by atoms with Gasteiger partial charge in [-0.25, -0.2) is 4.79 Å². The van der Waals surface area contributed by atoms with Gasteiger partial charge in [0.25, 0.3) is 0 Å². The Morgan fingerprint density at radius 3 is 2.41 bits per heavy atom. The minimum Gasteiger partial charge on any atom is -0.468 e. The molecule has 9 heteroatoms. The average Bonchev–Trinajstić information content (AvgIpc) is 2.69. The number of nitrogens with zero attached hydrogens (tertiary/aromatic N) is 1. The van der Waals surface area contributed by atoms with Crippen LogP contribution in [-0.4, -0.2) is 60.6 Å². The second-order valence-corrected chi connectivity index (χ2v) is 8.26. The molecular formula is C23H33N3O6. The van der Waals surface area contributed by atoms with Gasteiger partial charge in [0.15, 0.2) is 0 Å². The Kier molecular flexibility index (Phi) is 9.90. The van der Waals surface area contributed by atoms with E-state index in [1.165, 1.54) is 25.0 Å². The van der Waals surface area contributed by atoms with E-state index in [4.69, 9.17) is 4.74 Å². The van der Waals surface area contributed by atoms with Crippen molar-refractivity contribution in [3.05, 3.63) is 48.0 Å². The molecule has 0 heterocycles. The molecule has 0 aliphatic rings. The van der Waals surface area contributed by atoms with Gasteiger partial charge < -0.3 is 25.0 Å². The number of ether oxygens (including phenoxy) is 2. The number of rotatable bonds is 9. The van der Waals surface area contributed by atoms with E-state index >= 15 is 0 Å². The molecule has 32 heavy (non-hydrogen) atoms. The number of nitrogens with one attached hydrogen (secondary N) is 2. The molecule has 3 amide bonds. The number of benzene rings is 1. The first kappa shape index (κ1) is 26.7. The first-order valence-corrected chi connectivity index (χ1v) is 10.2. The van der Waals surface area contributed by atoms with Gasteiger partial charge >= 0.3 is 12.1 Å². The van der Waals surface area contributed by atoms with Crippen molar-refractivity contribution < 1.29 is 28.7 Å². The summed E-state index contributed by atoms with van der Waals surface area (Å²) in [6.45, 7) is 11.9. The molecule has 176 valence electrons. The van der Waals surface area contributed by atoms with Crippen LogP contribution >= 0.6 is 0 Å². The molecule has 1 aromatic carbocycles. The van der Waals surface area contributed by atoms with E-state index in [2.05, 4.69) is 21.9 Å². The molecule has 0 aromatic heterocycles. The number of methoxy groups -OCH3 is 1. The molecule has 2 N–H and O–H groups in total. The smallest absolute Gasteiger partial charge is 0.408 e. The summed E-state index contributed by atoms with van der Waals surface area (Å²) in [4.78, 5) is 51.3. The van der Waals surface area contributed by atoms with E-state index in [1.54, 1.807) is 39.0 Å². The Labute approximate surface area is 189 Å². The van der Waals surface area contributed by atoms with Crippen molar-refractivity contribution in [3.8, 4) is 0 Å². The largest absolute Gasteiger partial charge is 0.468 e. The zero-order valence-electron chi connectivity index (χ0n) is 19.6. The maximum atomic E-state index is 13.3. The monoisotopic (exact) mass is 447 g/mol. The first-order chi connectivity index (χ1) is 14.9. The fourth-order valence-electron chi connectivity index (χ4n) is 2.90. The van der Waals surface area contributed by atoms with E-state index in [0.717, 1.165) is 5.56 Å². The van der Waals surface area contributed by atoms with Gasteiger partial charge in [-0.2, -0.15) is 0 Å². The number of hydrogen-bond acceptors (Lipinski definition) is 6. The fraction of sp³-hybridized carbons (Fsp3) is 0.478. The van der Waals surface area contributed by atoms with Crippen LogP contribution in [0.5, 0.6) is 0 Å². The number of esters is 1. The molecule has 9 nitrogen and oxygen atoms in total. The molecule has 0 aliphatic carbocycles. The van der Waals surface area contributed by atoms with Gasteiger partial charge in [0, 0.05) is 6.54 Å². The van der Waals surface area contributed by atoms with Crippen LogP contribution in [-0.2, 0) is 23.9 Å². The number of alkyl carbamates (subject to hydrolysis) is 1. The third-order valence-corrected chi connectivity index (χ3v) is 4.27. The Morgan fingerprint density at radius 1 is 1.22 bits per heavy atom. The minimum absolute atomic E-state index is 0.0312. The predicted molar refractivity (Wildman–Crippen MR) is 120 cm³/mol. The van der Waals surface area contributed by atoms with Crippen LogP contribution in [0.3, 0.4) is 0 Å². The van der Waals surface area contributed by atoms with Crippen molar-refractivity contribution in [3.63, 3.8) is 0 Å². The van der Waals surface area contributed by atoms with Crippen molar-refractivity contribution in [1.29, 1.82) is 0 Å². The van der Waals surface area contributed by atoms with Crippen molar-refractivity contribution in [2.45, 2.75) is 52.3 Å². The lowest BCUT2D eigenvalue weighted by Gasteiger charge is -2.33. The normalized spacial score (nSPS) is 12.7. The number of amides is 3. The van der Waals surface area contributed by atoms with E-state index in [-0.39, 0.29) is 13.1 Å². The molecule has 1 aromatic rings. The summed E-state index contributed by atoms with van der Waals surface area (Å²) in [5.41, 5.74) is 0.706. The fourth-order valence-corrected chi connectivity index (χ4v) is 2.90. The van der Waals surface area contributed by atoms with Gasteiger partial charge in [-0.05, 0) is 40.2 Å². The average molecular weight is 448 g/mol. The quantitative estimate of drug-likeness (QED) is 0.443. The van der Waals surface area contributed by atoms with E-state index in [0.29, 0.717) is 5.56 Å². The Bertz CT molecular complexity index is 846. The summed E-state index contributed by atoms with van der Waals surface area (Å²) < 4.78 is 9.78. The van der Waals surface area contributed by atoms with E-state index in [9.17, 15) is 19.2 Å². The molecule has 0 spiro atoms. The lowest BCUT2D eigenvalue weighted by Crippen LogP contribution is -2.52. The molecule has 0 aliphatic heterocycles. The maximum Gasteiger partial charge on any atom is 0.408 e. The SMILES string of the molecule is C=CCN(C(=O)C(C)NC(=O)OC(C)(C)C)C(C(=O)NCC(=O)OC)c1cccc(C)c1. The standard InChI is InChI=1S/C23H33N3O6/c1-8-12-26(21(29)16(3)25-22(30)32-23(4,5)6)19(17-11-9-10-15(2)13-17)20(28)24-14-18(27)31-7/h8-11,13,16,19H,1,12,14H2,2-7H3,(H,24,28)(H,25,30). The second-order valence-electron chi connectivity index (χ2n) is 8.26. The minimum atomic E-state index is -1.06. The third kappa shape index (κ3) is 8.41. The first-order valence-electron chi connectivity index (χ1n) is 10.2. The van der Waals surface area contributed by atoms with Crippen molar-refractivity contribution in [2.75, 3.05) is 20.2 Å². The van der Waals surface area contributed by atoms with Crippen LogP contribution in [0.25, 0.3) is 0 Å². The third-order valence-electron chi connectivity index (χ3n) is 4.27. The highest BCUT2D eigenvalue weighted by molar-refractivity contribution is 5.93. The highest BCUT2D eigenvalue weighted by Crippen LogP contribution is 2.23. The van der Waals surface area contributed by atoms with Crippen molar-refractivity contribution in [2.24, 2.45) is 0 Å². The van der Waals surface area contributed by atoms with Gasteiger partial charge in [-0.1, -0.05) is 35.9 Å². The van der Waals surface area contributed by atoms with Crippen LogP contribution in [0.15, 0.2) is 36.9 Å². The topological polar surface area (TPSA) is 114 Å². The zero-order valence-corrected chi connectivity index (χ0v) is 19.6. The summed E-state index contributed by atoms with van der Waals surface area (Å²) >= 11 is 0. The lowest BCUT2D eigenvalue weighted by molar-refractivity contribution is -0.144. The summed E-state index contributed by atoms with van der Waals surface area (Å²) in [5, 5.41) is 5.00. The number of carbonyl (C=O) groups excluding carboxylic acids is 4. The van der Waals surface area contributed by atoms with Gasteiger partial charge in [-0.3, -0.25) is 14.4 Å². The molecule has 0 saturated carbocycles. The highest BCUT2D eigenvalue weighted by atomic mass is 16.6. The molecule has 0 fully saturated rings. The van der Waals surface area contributed by atoms with Crippen molar-refractivity contribution in [1.82, 2.24) is 15.5 Å². The molecule has 0 bridgehead atoms. The van der Waals surface area contributed by atoms with E-state index < -0.39 is 41.6 Å². The highest BCUT2D eigenvalue weighted by Gasteiger charge is 2.34. The molecule has 1 rings (SSSR count). The van der Waals surface area contributed by atoms with Crippen LogP contribution in [0.4, 0.5) is 4.79 Å². The Balaban J connectivity index is 3.23. The maximum absolute atomic E-state index is 13.3. The lowest BCUT2D eigenvalue weighted by atomic mass is 10.0. The van der Waals surface area contributed by atoms with Crippen LogP contribution < -0.4 is 10.6 Å². The summed E-state index contributed by atoms with van der Waals surface area (Å²) in [7, 11) is 1.21. The van der Waals surface area contributed by atoms with Gasteiger partial charge in [0.2, 0.25) is 11.8 Å². The summed E-state index contributed by atoms with van der Waals surface area (Å²) in [6, 6.07) is 5.07. The molecular weight excluding hydrogens is 414 g/mol. The molecule has 2 unspecified atom stereocenters. The van der Waals surface area contributed by atoms with Crippen LogP contribution in [0, 0.1) is 6.92 Å². The van der Waals surface area contributed by atoms with Crippen LogP contribution in [0.1, 0.15) is 44.9 Å². The van der Waals surface area contributed by atoms with Gasteiger partial charge in [0.05, 0.1) is 7.11 Å². The Hall–Kier alpha value is -3.36. The predicted octanol–water partition coefficient (Wildman–Crippen LogP) is 2.25. The molecule has 0 saturated heterocycles. The van der Waals surface area contributed by atoms with Gasteiger partial charge in [-0.15, -0.1) is 6.58 Å². The number of carbonyl (C=O) groups is 4. The Morgan fingerprint density at radius 2 is 1.88 bits per heavy atom. The number of aryl methyl sites for hydroxylation is 1. The molecule has 2 atom stereocenters. The summed E-state index contributed by atoms with van der Waals surface area (Å²) in [6.07, 6.45) is 0.730. The zero-order chi connectivity index (χ0) is 24.5. The van der Waals surface area contributed by atoms with Crippen LogP contribution in [0.2, 0.25) is 0 Å².